The smallest absolute Gasteiger partial charge is 0.231 e. The maximum Gasteiger partial charge on any atom is 0.231 e. The first-order valence-corrected chi connectivity index (χ1v) is 8.91. The number of aliphatic imine (C=N–C) groups is 1. The molecule has 0 amide bonds. The first-order chi connectivity index (χ1) is 13.7. The molecule has 150 valence electrons. The van der Waals surface area contributed by atoms with Crippen molar-refractivity contribution in [2.45, 2.75) is 6.54 Å². The van der Waals surface area contributed by atoms with Gasteiger partial charge in [0.15, 0.2) is 17.5 Å². The molecular weight excluding hydrogens is 362 g/mol. The zero-order valence-electron chi connectivity index (χ0n) is 16.3. The third-order valence-corrected chi connectivity index (χ3v) is 4.17. The fraction of sp³-hybridized carbons (Fsp3) is 0.350. The number of methoxy groups -OCH3 is 2. The molecule has 1 aliphatic heterocycles. The van der Waals surface area contributed by atoms with Crippen molar-refractivity contribution in [3.8, 4) is 28.7 Å². The highest BCUT2D eigenvalue weighted by atomic mass is 16.7. The van der Waals surface area contributed by atoms with Gasteiger partial charge in [-0.1, -0.05) is 0 Å². The molecule has 2 aromatic carbocycles. The first-order valence-electron chi connectivity index (χ1n) is 8.91. The van der Waals surface area contributed by atoms with Crippen LogP contribution >= 0.6 is 0 Å². The number of fused-ring (bicyclic) bond motifs is 1. The monoisotopic (exact) mass is 387 g/mol. The summed E-state index contributed by atoms with van der Waals surface area (Å²) in [5.41, 5.74) is 1.00. The molecule has 2 N–H and O–H groups in total. The summed E-state index contributed by atoms with van der Waals surface area (Å²) in [6.07, 6.45) is 0. The summed E-state index contributed by atoms with van der Waals surface area (Å²) in [5.74, 6) is 4.36. The zero-order chi connectivity index (χ0) is 19.8. The lowest BCUT2D eigenvalue weighted by atomic mass is 10.2. The highest BCUT2D eigenvalue weighted by Crippen LogP contribution is 2.35. The highest BCUT2D eigenvalue weighted by Gasteiger charge is 2.13. The topological polar surface area (TPSA) is 82.6 Å². The number of guanidine groups is 1. The van der Waals surface area contributed by atoms with E-state index in [4.69, 9.17) is 23.7 Å². The summed E-state index contributed by atoms with van der Waals surface area (Å²) >= 11 is 0. The van der Waals surface area contributed by atoms with Gasteiger partial charge >= 0.3 is 0 Å². The minimum absolute atomic E-state index is 0.251. The van der Waals surface area contributed by atoms with E-state index in [2.05, 4.69) is 15.6 Å². The molecule has 0 spiro atoms. The van der Waals surface area contributed by atoms with Crippen molar-refractivity contribution in [2.75, 3.05) is 41.2 Å². The Kier molecular flexibility index (Phi) is 6.67. The third kappa shape index (κ3) is 4.91. The van der Waals surface area contributed by atoms with E-state index in [1.165, 1.54) is 0 Å². The van der Waals surface area contributed by atoms with Gasteiger partial charge in [0.1, 0.15) is 23.9 Å². The summed E-state index contributed by atoms with van der Waals surface area (Å²) in [6, 6.07) is 11.2. The molecule has 1 aliphatic rings. The van der Waals surface area contributed by atoms with Gasteiger partial charge in [-0.3, -0.25) is 4.99 Å². The lowest BCUT2D eigenvalue weighted by molar-refractivity contribution is 0.173. The maximum atomic E-state index is 5.74. The molecule has 0 aromatic heterocycles. The van der Waals surface area contributed by atoms with Crippen molar-refractivity contribution >= 4 is 5.96 Å². The van der Waals surface area contributed by atoms with Crippen molar-refractivity contribution in [2.24, 2.45) is 4.99 Å². The normalized spacial score (nSPS) is 12.5. The predicted molar refractivity (Wildman–Crippen MR) is 106 cm³/mol. The second-order valence-electron chi connectivity index (χ2n) is 5.89. The molecule has 0 bridgehead atoms. The van der Waals surface area contributed by atoms with Gasteiger partial charge in [-0.15, -0.1) is 0 Å². The second kappa shape index (κ2) is 9.59. The highest BCUT2D eigenvalue weighted by molar-refractivity contribution is 5.79. The lowest BCUT2D eigenvalue weighted by Gasteiger charge is -2.15. The molecule has 0 saturated heterocycles. The Balaban J connectivity index is 1.44. The maximum absolute atomic E-state index is 5.74. The molecule has 3 rings (SSSR count). The van der Waals surface area contributed by atoms with Crippen LogP contribution in [0.5, 0.6) is 28.7 Å². The minimum atomic E-state index is 0.251. The Morgan fingerprint density at radius 1 is 1.00 bits per heavy atom. The van der Waals surface area contributed by atoms with Crippen molar-refractivity contribution in [3.05, 3.63) is 42.0 Å². The van der Waals surface area contributed by atoms with Crippen LogP contribution in [0.3, 0.4) is 0 Å². The SMILES string of the molecule is CN=C(NCCOc1ccc2c(c1)OCO2)NCc1ccc(OC)cc1OC. The van der Waals surface area contributed by atoms with Crippen molar-refractivity contribution in [3.63, 3.8) is 0 Å². The van der Waals surface area contributed by atoms with Crippen LogP contribution in [-0.4, -0.2) is 47.2 Å². The number of rotatable bonds is 8. The molecule has 0 radical (unpaired) electrons. The lowest BCUT2D eigenvalue weighted by Crippen LogP contribution is -2.38. The summed E-state index contributed by atoms with van der Waals surface area (Å²) in [5, 5.41) is 6.47. The van der Waals surface area contributed by atoms with Crippen LogP contribution in [0.15, 0.2) is 41.4 Å². The van der Waals surface area contributed by atoms with E-state index in [1.54, 1.807) is 21.3 Å². The van der Waals surface area contributed by atoms with Crippen molar-refractivity contribution < 1.29 is 23.7 Å². The Hall–Kier alpha value is -3.29. The van der Waals surface area contributed by atoms with E-state index in [0.717, 1.165) is 28.6 Å². The molecule has 8 heteroatoms. The van der Waals surface area contributed by atoms with Crippen molar-refractivity contribution in [1.82, 2.24) is 10.6 Å². The van der Waals surface area contributed by atoms with E-state index in [0.29, 0.717) is 31.4 Å². The number of hydrogen-bond acceptors (Lipinski definition) is 6. The van der Waals surface area contributed by atoms with Gasteiger partial charge in [0, 0.05) is 31.3 Å². The van der Waals surface area contributed by atoms with E-state index < -0.39 is 0 Å². The Morgan fingerprint density at radius 3 is 2.61 bits per heavy atom. The van der Waals surface area contributed by atoms with E-state index in [9.17, 15) is 0 Å². The molecule has 28 heavy (non-hydrogen) atoms. The van der Waals surface area contributed by atoms with E-state index >= 15 is 0 Å². The molecule has 8 nitrogen and oxygen atoms in total. The van der Waals surface area contributed by atoms with Crippen molar-refractivity contribution in [1.29, 1.82) is 0 Å². The quantitative estimate of drug-likeness (QED) is 0.408. The minimum Gasteiger partial charge on any atom is -0.497 e. The first kappa shape index (κ1) is 19.5. The Labute approximate surface area is 164 Å². The molecule has 0 aliphatic carbocycles. The Morgan fingerprint density at radius 2 is 1.82 bits per heavy atom. The number of benzene rings is 2. The van der Waals surface area contributed by atoms with Gasteiger partial charge in [0.05, 0.1) is 20.8 Å². The number of hydrogen-bond donors (Lipinski definition) is 2. The predicted octanol–water partition coefficient (Wildman–Crippen LogP) is 2.18. The zero-order valence-corrected chi connectivity index (χ0v) is 16.3. The molecule has 0 unspecified atom stereocenters. The van der Waals surface area contributed by atoms with Gasteiger partial charge in [-0.2, -0.15) is 0 Å². The molecule has 1 heterocycles. The molecule has 0 fully saturated rings. The van der Waals surface area contributed by atoms with Gasteiger partial charge < -0.3 is 34.3 Å². The number of ether oxygens (including phenoxy) is 5. The van der Waals surface area contributed by atoms with Crippen LogP contribution in [0.1, 0.15) is 5.56 Å². The van der Waals surface area contributed by atoms with Gasteiger partial charge in [-0.25, -0.2) is 0 Å². The number of nitrogens with zero attached hydrogens (tertiary/aromatic N) is 1. The molecule has 2 aromatic rings. The standard InChI is InChI=1S/C20H25N3O5/c1-21-20(23-12-14-4-5-15(24-2)10-18(14)25-3)22-8-9-26-16-6-7-17-19(11-16)28-13-27-17/h4-7,10-11H,8-9,12-13H2,1-3H3,(H2,21,22,23). The van der Waals surface area contributed by atoms with Crippen LogP contribution < -0.4 is 34.3 Å². The van der Waals surface area contributed by atoms with Gasteiger partial charge in [0.25, 0.3) is 0 Å². The van der Waals surface area contributed by atoms with Crippen LogP contribution in [0.4, 0.5) is 0 Å². The Bertz CT molecular complexity index is 825. The average molecular weight is 387 g/mol. The summed E-state index contributed by atoms with van der Waals surface area (Å²) in [7, 11) is 4.99. The van der Waals surface area contributed by atoms with Gasteiger partial charge in [0.2, 0.25) is 6.79 Å². The molecular formula is C20H25N3O5. The number of nitrogens with one attached hydrogen (secondary N) is 2. The third-order valence-electron chi connectivity index (χ3n) is 4.17. The second-order valence-corrected chi connectivity index (χ2v) is 5.89. The van der Waals surface area contributed by atoms with Crippen LogP contribution in [0, 0.1) is 0 Å². The average Bonchev–Trinajstić information content (AvgIpc) is 3.21. The molecule has 0 atom stereocenters. The van der Waals surface area contributed by atoms with Crippen LogP contribution in [-0.2, 0) is 6.54 Å². The molecule has 0 saturated carbocycles. The van der Waals surface area contributed by atoms with Crippen LogP contribution in [0.2, 0.25) is 0 Å². The van der Waals surface area contributed by atoms with Crippen LogP contribution in [0.25, 0.3) is 0 Å². The summed E-state index contributed by atoms with van der Waals surface area (Å²) < 4.78 is 27.0. The van der Waals surface area contributed by atoms with E-state index in [1.807, 2.05) is 36.4 Å². The fourth-order valence-electron chi connectivity index (χ4n) is 2.70. The largest absolute Gasteiger partial charge is 0.497 e. The van der Waals surface area contributed by atoms with Gasteiger partial charge in [-0.05, 0) is 24.3 Å². The summed E-state index contributed by atoms with van der Waals surface area (Å²) in [6.45, 7) is 1.89. The summed E-state index contributed by atoms with van der Waals surface area (Å²) in [4.78, 5) is 4.22. The van der Waals surface area contributed by atoms with E-state index in [-0.39, 0.29) is 6.79 Å². The fourth-order valence-corrected chi connectivity index (χ4v) is 2.70.